The molecule has 2 aliphatic rings. The summed E-state index contributed by atoms with van der Waals surface area (Å²) >= 11 is 0. The van der Waals surface area contributed by atoms with Gasteiger partial charge in [-0.1, -0.05) is 12.8 Å². The molecule has 124 valence electrons. The van der Waals surface area contributed by atoms with E-state index in [1.807, 2.05) is 4.90 Å². The van der Waals surface area contributed by atoms with Crippen molar-refractivity contribution in [3.05, 3.63) is 0 Å². The summed E-state index contributed by atoms with van der Waals surface area (Å²) in [6, 6.07) is 0. The van der Waals surface area contributed by atoms with Crippen LogP contribution < -0.4 is 0 Å². The van der Waals surface area contributed by atoms with Crippen molar-refractivity contribution in [2.45, 2.75) is 55.6 Å². The van der Waals surface area contributed by atoms with Gasteiger partial charge in [0.05, 0.1) is 0 Å². The Morgan fingerprint density at radius 2 is 1.33 bits per heavy atom. The van der Waals surface area contributed by atoms with Gasteiger partial charge in [0.15, 0.2) is 0 Å². The van der Waals surface area contributed by atoms with Crippen LogP contribution in [0.4, 0.5) is 0 Å². The van der Waals surface area contributed by atoms with Crippen molar-refractivity contribution in [1.29, 1.82) is 0 Å². The Morgan fingerprint density at radius 1 is 0.905 bits per heavy atom. The lowest BCUT2D eigenvalue weighted by atomic mass is 9.77. The Morgan fingerprint density at radius 3 is 1.71 bits per heavy atom. The fourth-order valence-electron chi connectivity index (χ4n) is 3.65. The monoisotopic (exact) mass is 343 g/mol. The summed E-state index contributed by atoms with van der Waals surface area (Å²) in [7, 11) is -10.8. The maximum atomic E-state index is 11.6. The molecule has 0 aromatic heterocycles. The van der Waals surface area contributed by atoms with Crippen molar-refractivity contribution < 1.29 is 33.8 Å². The van der Waals surface area contributed by atoms with Gasteiger partial charge < -0.3 is 24.7 Å². The van der Waals surface area contributed by atoms with Crippen molar-refractivity contribution in [2.24, 2.45) is 0 Å². The summed E-state index contributed by atoms with van der Waals surface area (Å²) in [5.74, 6) is 0. The fraction of sp³-hybridized carbons (Fsp3) is 1.00. The molecular weight excluding hydrogens is 320 g/mol. The van der Waals surface area contributed by atoms with Gasteiger partial charge in [-0.15, -0.1) is 0 Å². The largest absolute Gasteiger partial charge is 0.369 e. The summed E-state index contributed by atoms with van der Waals surface area (Å²) in [4.78, 5) is 39.4. The molecule has 5 N–H and O–H groups in total. The van der Waals surface area contributed by atoms with Crippen LogP contribution in [0.5, 0.6) is 0 Å². The minimum absolute atomic E-state index is 0.589. The topological polar surface area (TPSA) is 139 Å². The number of aliphatic hydroxyl groups is 1. The van der Waals surface area contributed by atoms with Gasteiger partial charge in [-0.2, -0.15) is 0 Å². The van der Waals surface area contributed by atoms with Crippen LogP contribution in [-0.2, 0) is 9.13 Å². The SMILES string of the molecule is O=P(O)(O)C(O)(CC12CCCCN1CCCC2)P(=O)(O)O. The molecule has 10 heteroatoms. The van der Waals surface area contributed by atoms with E-state index in [-0.39, 0.29) is 0 Å². The van der Waals surface area contributed by atoms with Gasteiger partial charge in [0.25, 0.3) is 5.08 Å². The number of fused-ring (bicyclic) bond motifs is 1. The zero-order valence-electron chi connectivity index (χ0n) is 11.8. The molecule has 2 saturated heterocycles. The molecule has 0 spiro atoms. The fourth-order valence-corrected chi connectivity index (χ4v) is 6.00. The van der Waals surface area contributed by atoms with Crippen molar-refractivity contribution in [3.63, 3.8) is 0 Å². The van der Waals surface area contributed by atoms with E-state index in [0.29, 0.717) is 12.8 Å². The highest BCUT2D eigenvalue weighted by Crippen LogP contribution is 2.71. The molecule has 0 atom stereocenters. The first-order valence-electron chi connectivity index (χ1n) is 7.11. The number of hydrogen-bond acceptors (Lipinski definition) is 4. The molecule has 0 saturated carbocycles. The van der Waals surface area contributed by atoms with Gasteiger partial charge in [-0.3, -0.25) is 14.0 Å². The quantitative estimate of drug-likeness (QED) is 0.472. The Balaban J connectivity index is 2.39. The zero-order valence-corrected chi connectivity index (χ0v) is 13.5. The smallest absolute Gasteiger partial charge is 0.367 e. The zero-order chi connectivity index (χ0) is 15.9. The highest BCUT2D eigenvalue weighted by molar-refractivity contribution is 7.72. The molecule has 2 aliphatic heterocycles. The van der Waals surface area contributed by atoms with Crippen LogP contribution in [0, 0.1) is 0 Å². The second-order valence-electron chi connectivity index (χ2n) is 6.16. The molecule has 0 aromatic rings. The molecule has 8 nitrogen and oxygen atoms in total. The van der Waals surface area contributed by atoms with Crippen molar-refractivity contribution in [1.82, 2.24) is 4.90 Å². The lowest BCUT2D eigenvalue weighted by Crippen LogP contribution is -2.57. The summed E-state index contributed by atoms with van der Waals surface area (Å²) in [5.41, 5.74) is -0.729. The van der Waals surface area contributed by atoms with Crippen LogP contribution in [0.3, 0.4) is 0 Å². The van der Waals surface area contributed by atoms with Crippen LogP contribution in [0.1, 0.15) is 44.9 Å². The average molecular weight is 343 g/mol. The molecule has 0 unspecified atom stereocenters. The first-order valence-corrected chi connectivity index (χ1v) is 10.3. The highest BCUT2D eigenvalue weighted by Gasteiger charge is 2.63. The first-order chi connectivity index (χ1) is 9.52. The van der Waals surface area contributed by atoms with E-state index in [4.69, 9.17) is 0 Å². The maximum Gasteiger partial charge on any atom is 0.369 e. The van der Waals surface area contributed by atoms with E-state index in [0.717, 1.165) is 38.8 Å². The molecule has 21 heavy (non-hydrogen) atoms. The molecular formula is C11H23NO7P2. The van der Waals surface area contributed by atoms with Gasteiger partial charge in [0.2, 0.25) is 0 Å². The molecule has 0 aliphatic carbocycles. The predicted octanol–water partition coefficient (Wildman–Crippen LogP) is 0.787. The van der Waals surface area contributed by atoms with Crippen LogP contribution in [0.2, 0.25) is 0 Å². The molecule has 0 bridgehead atoms. The molecule has 0 amide bonds. The van der Waals surface area contributed by atoms with Gasteiger partial charge in [-0.25, -0.2) is 0 Å². The predicted molar refractivity (Wildman–Crippen MR) is 75.7 cm³/mol. The number of nitrogens with zero attached hydrogens (tertiary/aromatic N) is 1. The maximum absolute atomic E-state index is 11.6. The van der Waals surface area contributed by atoms with E-state index in [2.05, 4.69) is 0 Å². The van der Waals surface area contributed by atoms with E-state index in [1.165, 1.54) is 0 Å². The lowest BCUT2D eigenvalue weighted by Gasteiger charge is -2.53. The standard InChI is InChI=1S/C11H23NO7P2/c13-11(20(14,15)16,21(17,18)19)9-10-5-1-3-7-12(10)8-4-2-6-10/h13H,1-9H2,(H2,14,15,16)(H2,17,18,19). The van der Waals surface area contributed by atoms with Crippen LogP contribution in [0.25, 0.3) is 0 Å². The van der Waals surface area contributed by atoms with Crippen molar-refractivity contribution in [3.8, 4) is 0 Å². The van der Waals surface area contributed by atoms with E-state index in [9.17, 15) is 33.8 Å². The average Bonchev–Trinajstić information content (AvgIpc) is 2.35. The van der Waals surface area contributed by atoms with Gasteiger partial charge in [0, 0.05) is 12.0 Å². The van der Waals surface area contributed by atoms with Gasteiger partial charge in [-0.05, 0) is 38.8 Å². The lowest BCUT2D eigenvalue weighted by molar-refractivity contribution is -0.0287. The van der Waals surface area contributed by atoms with Crippen molar-refractivity contribution >= 4 is 15.2 Å². The summed E-state index contributed by atoms with van der Waals surface area (Å²) in [6.07, 6.45) is 4.15. The number of hydrogen-bond donors (Lipinski definition) is 5. The Bertz CT molecular complexity index is 451. The minimum Gasteiger partial charge on any atom is -0.367 e. The summed E-state index contributed by atoms with van der Waals surface area (Å²) < 4.78 is 23.2. The van der Waals surface area contributed by atoms with E-state index >= 15 is 0 Å². The first kappa shape index (κ1) is 17.6. The third-order valence-electron chi connectivity index (χ3n) is 4.81. The Labute approximate surface area is 123 Å². The van der Waals surface area contributed by atoms with Crippen LogP contribution in [0.15, 0.2) is 0 Å². The third kappa shape index (κ3) is 3.14. The molecule has 2 fully saturated rings. The molecule has 0 aromatic carbocycles. The summed E-state index contributed by atoms with van der Waals surface area (Å²) in [5, 5.41) is 6.92. The minimum atomic E-state index is -5.38. The Hall–Kier alpha value is 0.220. The van der Waals surface area contributed by atoms with Crippen molar-refractivity contribution in [2.75, 3.05) is 13.1 Å². The second kappa shape index (κ2) is 5.69. The van der Waals surface area contributed by atoms with Gasteiger partial charge in [0.1, 0.15) is 0 Å². The van der Waals surface area contributed by atoms with Crippen LogP contribution >= 0.6 is 15.2 Å². The summed E-state index contributed by atoms with van der Waals surface area (Å²) in [6.45, 7) is 1.47. The molecule has 0 radical (unpaired) electrons. The van der Waals surface area contributed by atoms with Gasteiger partial charge >= 0.3 is 15.2 Å². The third-order valence-corrected chi connectivity index (χ3v) is 8.56. The molecule has 2 heterocycles. The number of piperidine rings is 2. The molecule has 2 rings (SSSR count). The Kier molecular flexibility index (Phi) is 4.76. The van der Waals surface area contributed by atoms with Crippen LogP contribution in [-0.4, -0.2) is 53.3 Å². The van der Waals surface area contributed by atoms with E-state index < -0.39 is 32.2 Å². The number of rotatable bonds is 4. The second-order valence-corrected chi connectivity index (χ2v) is 10.2. The normalized spacial score (nSPS) is 24.6. The van der Waals surface area contributed by atoms with E-state index in [1.54, 1.807) is 0 Å². The highest BCUT2D eigenvalue weighted by atomic mass is 31.2.